The largest absolute Gasteiger partial charge is 0.384 e. The van der Waals surface area contributed by atoms with Crippen LogP contribution < -0.4 is 5.73 Å². The molecule has 1 unspecified atom stereocenters. The highest BCUT2D eigenvalue weighted by Crippen LogP contribution is 2.29. The number of nitrogens with zero attached hydrogens (tertiary/aromatic N) is 1. The summed E-state index contributed by atoms with van der Waals surface area (Å²) in [7, 11) is 1.72. The van der Waals surface area contributed by atoms with Crippen LogP contribution in [0.1, 0.15) is 38.5 Å². The van der Waals surface area contributed by atoms with Gasteiger partial charge in [0.05, 0.1) is 12.1 Å². The van der Waals surface area contributed by atoms with E-state index in [2.05, 4.69) is 0 Å². The molecule has 0 radical (unpaired) electrons. The van der Waals surface area contributed by atoms with Crippen LogP contribution in [0.2, 0.25) is 0 Å². The number of likely N-dealkylation sites (tertiary alicyclic amines) is 1. The van der Waals surface area contributed by atoms with Crippen LogP contribution in [0.3, 0.4) is 0 Å². The zero-order valence-corrected chi connectivity index (χ0v) is 12.0. The van der Waals surface area contributed by atoms with Gasteiger partial charge in [-0.25, -0.2) is 0 Å². The van der Waals surface area contributed by atoms with Gasteiger partial charge in [0.2, 0.25) is 5.91 Å². The van der Waals surface area contributed by atoms with E-state index in [4.69, 9.17) is 10.5 Å². The summed E-state index contributed by atoms with van der Waals surface area (Å²) in [6, 6.07) is 0. The molecule has 0 aromatic heterocycles. The summed E-state index contributed by atoms with van der Waals surface area (Å²) in [5, 5.41) is 0. The number of carbonyl (C=O) groups excluding carboxylic acids is 1. The maximum atomic E-state index is 12.4. The summed E-state index contributed by atoms with van der Waals surface area (Å²) in [5.41, 5.74) is 5.71. The molecule has 1 saturated carbocycles. The maximum absolute atomic E-state index is 12.4. The minimum atomic E-state index is -0.569. The van der Waals surface area contributed by atoms with Crippen molar-refractivity contribution in [2.24, 2.45) is 11.7 Å². The Morgan fingerprint density at radius 2 is 2.06 bits per heavy atom. The van der Waals surface area contributed by atoms with Gasteiger partial charge in [-0.05, 0) is 19.3 Å². The Kier molecular flexibility index (Phi) is 5.89. The Morgan fingerprint density at radius 3 is 2.67 bits per heavy atom. The fourth-order valence-corrected chi connectivity index (χ4v) is 3.10. The minimum absolute atomic E-state index is 0. The lowest BCUT2D eigenvalue weighted by Gasteiger charge is -2.35. The average Bonchev–Trinajstić information content (AvgIpc) is 2.78. The first-order valence-corrected chi connectivity index (χ1v) is 6.73. The Labute approximate surface area is 116 Å². The van der Waals surface area contributed by atoms with Gasteiger partial charge < -0.3 is 15.4 Å². The minimum Gasteiger partial charge on any atom is -0.384 e. The summed E-state index contributed by atoms with van der Waals surface area (Å²) < 4.78 is 5.16. The second kappa shape index (κ2) is 6.73. The molecule has 5 heteroatoms. The molecule has 1 heterocycles. The second-order valence-electron chi connectivity index (χ2n) is 5.58. The topological polar surface area (TPSA) is 55.6 Å². The Morgan fingerprint density at radius 1 is 1.39 bits per heavy atom. The van der Waals surface area contributed by atoms with Crippen molar-refractivity contribution in [2.75, 3.05) is 26.8 Å². The van der Waals surface area contributed by atoms with Gasteiger partial charge in [-0.15, -0.1) is 12.4 Å². The second-order valence-corrected chi connectivity index (χ2v) is 5.58. The van der Waals surface area contributed by atoms with Gasteiger partial charge in [0.1, 0.15) is 0 Å². The number of ether oxygens (including phenoxy) is 1. The molecular weight excluding hydrogens is 252 g/mol. The normalized spacial score (nSPS) is 26.8. The van der Waals surface area contributed by atoms with Crippen LogP contribution in [0.25, 0.3) is 0 Å². The van der Waals surface area contributed by atoms with Crippen LogP contribution in [0.15, 0.2) is 0 Å². The summed E-state index contributed by atoms with van der Waals surface area (Å²) in [4.78, 5) is 14.4. The molecule has 1 aliphatic carbocycles. The predicted octanol–water partition coefficient (Wildman–Crippen LogP) is 1.56. The van der Waals surface area contributed by atoms with E-state index in [-0.39, 0.29) is 18.3 Å². The van der Waals surface area contributed by atoms with E-state index >= 15 is 0 Å². The van der Waals surface area contributed by atoms with Crippen molar-refractivity contribution in [3.63, 3.8) is 0 Å². The van der Waals surface area contributed by atoms with E-state index in [0.29, 0.717) is 5.92 Å². The number of halogens is 1. The molecule has 18 heavy (non-hydrogen) atoms. The lowest BCUT2D eigenvalue weighted by Crippen LogP contribution is -2.55. The zero-order valence-electron chi connectivity index (χ0n) is 11.2. The first-order chi connectivity index (χ1) is 8.15. The third kappa shape index (κ3) is 3.37. The molecule has 2 fully saturated rings. The summed E-state index contributed by atoms with van der Waals surface area (Å²) in [5.74, 6) is 0.673. The Balaban J connectivity index is 0.00000162. The number of rotatable bonds is 3. The average molecular weight is 277 g/mol. The van der Waals surface area contributed by atoms with Gasteiger partial charge in [0.25, 0.3) is 0 Å². The van der Waals surface area contributed by atoms with Gasteiger partial charge in [-0.1, -0.05) is 19.3 Å². The molecule has 4 nitrogen and oxygen atoms in total. The van der Waals surface area contributed by atoms with Crippen molar-refractivity contribution in [1.29, 1.82) is 0 Å². The molecule has 106 valence electrons. The first kappa shape index (κ1) is 15.7. The molecule has 0 spiro atoms. The molecule has 0 bridgehead atoms. The molecule has 2 N–H and O–H groups in total. The summed E-state index contributed by atoms with van der Waals surface area (Å²) in [6.45, 7) is 2.43. The number of carbonyl (C=O) groups is 1. The van der Waals surface area contributed by atoms with Gasteiger partial charge in [0.15, 0.2) is 0 Å². The number of amides is 1. The van der Waals surface area contributed by atoms with E-state index in [0.717, 1.165) is 51.8 Å². The van der Waals surface area contributed by atoms with Crippen molar-refractivity contribution >= 4 is 18.3 Å². The van der Waals surface area contributed by atoms with Gasteiger partial charge >= 0.3 is 0 Å². The summed E-state index contributed by atoms with van der Waals surface area (Å²) in [6.07, 6.45) is 6.18. The highest BCUT2D eigenvalue weighted by atomic mass is 35.5. The van der Waals surface area contributed by atoms with E-state index in [9.17, 15) is 4.79 Å². The number of hydrogen-bond acceptors (Lipinski definition) is 3. The van der Waals surface area contributed by atoms with Crippen LogP contribution in [0.5, 0.6) is 0 Å². The van der Waals surface area contributed by atoms with E-state index in [1.807, 2.05) is 4.90 Å². The Bertz CT molecular complexity index is 280. The monoisotopic (exact) mass is 276 g/mol. The quantitative estimate of drug-likeness (QED) is 0.851. The third-order valence-electron chi connectivity index (χ3n) is 4.15. The molecular formula is C13H25ClN2O2. The lowest BCUT2D eigenvalue weighted by atomic mass is 9.81. The standard InChI is InChI=1S/C13H24N2O2.ClH/c1-17-10-11-5-8-15(9-11)12(16)13(14)6-3-2-4-7-13;/h11H,2-10,14H2,1H3;1H. The molecule has 0 aromatic rings. The fraction of sp³-hybridized carbons (Fsp3) is 0.923. The zero-order chi connectivity index (χ0) is 12.3. The van der Waals surface area contributed by atoms with Crippen molar-refractivity contribution in [1.82, 2.24) is 4.90 Å². The van der Waals surface area contributed by atoms with Gasteiger partial charge in [0, 0.05) is 26.1 Å². The number of methoxy groups -OCH3 is 1. The number of hydrogen-bond donors (Lipinski definition) is 1. The van der Waals surface area contributed by atoms with Crippen molar-refractivity contribution in [3.05, 3.63) is 0 Å². The van der Waals surface area contributed by atoms with Crippen molar-refractivity contribution in [3.8, 4) is 0 Å². The molecule has 1 aliphatic heterocycles. The summed E-state index contributed by atoms with van der Waals surface area (Å²) >= 11 is 0. The van der Waals surface area contributed by atoms with Crippen LogP contribution in [0, 0.1) is 5.92 Å². The Hall–Kier alpha value is -0.320. The van der Waals surface area contributed by atoms with E-state index in [1.54, 1.807) is 7.11 Å². The van der Waals surface area contributed by atoms with Crippen LogP contribution >= 0.6 is 12.4 Å². The van der Waals surface area contributed by atoms with Crippen LogP contribution in [-0.4, -0.2) is 43.2 Å². The van der Waals surface area contributed by atoms with Crippen molar-refractivity contribution < 1.29 is 9.53 Å². The van der Waals surface area contributed by atoms with E-state index in [1.165, 1.54) is 6.42 Å². The third-order valence-corrected chi connectivity index (χ3v) is 4.15. The molecule has 0 aromatic carbocycles. The SMILES string of the molecule is COCC1CCN(C(=O)C2(N)CCCCC2)C1.Cl. The molecule has 2 rings (SSSR count). The van der Waals surface area contributed by atoms with Crippen LogP contribution in [0.4, 0.5) is 0 Å². The van der Waals surface area contributed by atoms with E-state index < -0.39 is 5.54 Å². The van der Waals surface area contributed by atoms with Crippen molar-refractivity contribution in [2.45, 2.75) is 44.1 Å². The first-order valence-electron chi connectivity index (χ1n) is 6.73. The molecule has 2 aliphatic rings. The fourth-order valence-electron chi connectivity index (χ4n) is 3.10. The number of nitrogens with two attached hydrogens (primary N) is 1. The lowest BCUT2D eigenvalue weighted by molar-refractivity contribution is -0.137. The van der Waals surface area contributed by atoms with Gasteiger partial charge in [-0.2, -0.15) is 0 Å². The maximum Gasteiger partial charge on any atom is 0.242 e. The highest BCUT2D eigenvalue weighted by Gasteiger charge is 2.40. The van der Waals surface area contributed by atoms with Gasteiger partial charge in [-0.3, -0.25) is 4.79 Å². The molecule has 1 amide bonds. The van der Waals surface area contributed by atoms with Crippen LogP contribution in [-0.2, 0) is 9.53 Å². The molecule has 1 saturated heterocycles. The smallest absolute Gasteiger partial charge is 0.242 e. The molecule has 1 atom stereocenters. The highest BCUT2D eigenvalue weighted by molar-refractivity contribution is 5.86. The predicted molar refractivity (Wildman–Crippen MR) is 73.8 cm³/mol.